The van der Waals surface area contributed by atoms with Gasteiger partial charge in [0, 0.05) is 5.92 Å². The van der Waals surface area contributed by atoms with Gasteiger partial charge in [-0.2, -0.15) is 0 Å². The standard InChI is InChI=1S/C19H20O2/c1-19(2,17-7-5-3-4-6-8-17)14-13-15-9-11-16(12-10-15)18(20)21/h3-14,17H,1-2H3,(H,20,21)/b14-13+. The lowest BCUT2D eigenvalue weighted by Gasteiger charge is -2.26. The third kappa shape index (κ3) is 4.06. The molecule has 1 aromatic rings. The molecule has 0 saturated heterocycles. The van der Waals surface area contributed by atoms with Gasteiger partial charge in [0.1, 0.15) is 0 Å². The van der Waals surface area contributed by atoms with E-state index in [0.717, 1.165) is 5.56 Å². The average Bonchev–Trinajstić information content (AvgIpc) is 2.75. The summed E-state index contributed by atoms with van der Waals surface area (Å²) in [5.41, 5.74) is 1.31. The van der Waals surface area contributed by atoms with Crippen molar-refractivity contribution in [2.45, 2.75) is 13.8 Å². The summed E-state index contributed by atoms with van der Waals surface area (Å²) in [5, 5.41) is 8.89. The molecule has 1 aromatic carbocycles. The quantitative estimate of drug-likeness (QED) is 0.866. The highest BCUT2D eigenvalue weighted by Gasteiger charge is 2.22. The van der Waals surface area contributed by atoms with E-state index in [-0.39, 0.29) is 5.41 Å². The molecule has 0 unspecified atom stereocenters. The Balaban J connectivity index is 2.13. The first kappa shape index (κ1) is 15.0. The second-order valence-electron chi connectivity index (χ2n) is 5.76. The summed E-state index contributed by atoms with van der Waals surface area (Å²) >= 11 is 0. The minimum Gasteiger partial charge on any atom is -0.478 e. The first-order chi connectivity index (χ1) is 9.99. The molecule has 0 spiro atoms. The Kier molecular flexibility index (Phi) is 4.59. The Labute approximate surface area is 125 Å². The van der Waals surface area contributed by atoms with Crippen LogP contribution in [0.2, 0.25) is 0 Å². The molecule has 0 heterocycles. The molecule has 0 amide bonds. The van der Waals surface area contributed by atoms with Crippen LogP contribution in [0.3, 0.4) is 0 Å². The second kappa shape index (κ2) is 6.40. The fraction of sp³-hybridized carbons (Fsp3) is 0.211. The number of carboxylic acid groups (broad SMARTS) is 1. The molecular formula is C19H20O2. The number of allylic oxidation sites excluding steroid dienone is 7. The number of carboxylic acids is 1. The van der Waals surface area contributed by atoms with E-state index in [1.165, 1.54) is 0 Å². The number of hydrogen-bond donors (Lipinski definition) is 1. The lowest BCUT2D eigenvalue weighted by atomic mass is 9.78. The van der Waals surface area contributed by atoms with Gasteiger partial charge in [-0.05, 0) is 23.1 Å². The maximum absolute atomic E-state index is 10.8. The van der Waals surface area contributed by atoms with Crippen molar-refractivity contribution in [3.63, 3.8) is 0 Å². The first-order valence-electron chi connectivity index (χ1n) is 7.03. The van der Waals surface area contributed by atoms with Crippen LogP contribution in [0.25, 0.3) is 6.08 Å². The molecule has 108 valence electrons. The zero-order valence-corrected chi connectivity index (χ0v) is 12.4. The van der Waals surface area contributed by atoms with Crippen LogP contribution in [0.5, 0.6) is 0 Å². The topological polar surface area (TPSA) is 37.3 Å². The van der Waals surface area contributed by atoms with Crippen LogP contribution in [0.15, 0.2) is 66.8 Å². The van der Waals surface area contributed by atoms with Gasteiger partial charge in [-0.25, -0.2) is 4.79 Å². The van der Waals surface area contributed by atoms with Crippen LogP contribution in [0.4, 0.5) is 0 Å². The molecule has 0 fully saturated rings. The SMILES string of the molecule is CC(C)(/C=C/c1ccc(C(=O)O)cc1)C1C=CC=CC=C1. The van der Waals surface area contributed by atoms with Crippen molar-refractivity contribution in [3.8, 4) is 0 Å². The Bertz CT molecular complexity index is 597. The van der Waals surface area contributed by atoms with E-state index in [4.69, 9.17) is 5.11 Å². The lowest BCUT2D eigenvalue weighted by Crippen LogP contribution is -2.17. The van der Waals surface area contributed by atoms with Gasteiger partial charge in [-0.15, -0.1) is 0 Å². The predicted molar refractivity (Wildman–Crippen MR) is 87.1 cm³/mol. The second-order valence-corrected chi connectivity index (χ2v) is 5.76. The minimum absolute atomic E-state index is 0.00944. The van der Waals surface area contributed by atoms with Gasteiger partial charge in [0.2, 0.25) is 0 Å². The molecule has 1 N–H and O–H groups in total. The predicted octanol–water partition coefficient (Wildman–Crippen LogP) is 4.72. The summed E-state index contributed by atoms with van der Waals surface area (Å²) < 4.78 is 0. The van der Waals surface area contributed by atoms with Gasteiger partial charge in [0.05, 0.1) is 5.56 Å². The van der Waals surface area contributed by atoms with E-state index in [0.29, 0.717) is 11.5 Å². The van der Waals surface area contributed by atoms with Gasteiger partial charge in [0.25, 0.3) is 0 Å². The van der Waals surface area contributed by atoms with Crippen molar-refractivity contribution in [1.82, 2.24) is 0 Å². The maximum Gasteiger partial charge on any atom is 0.335 e. The Morgan fingerprint density at radius 2 is 1.62 bits per heavy atom. The van der Waals surface area contributed by atoms with Gasteiger partial charge < -0.3 is 5.11 Å². The third-order valence-electron chi connectivity index (χ3n) is 3.69. The molecule has 2 rings (SSSR count). The molecule has 0 aliphatic heterocycles. The molecule has 2 nitrogen and oxygen atoms in total. The molecule has 0 aromatic heterocycles. The molecule has 0 saturated carbocycles. The smallest absolute Gasteiger partial charge is 0.335 e. The minimum atomic E-state index is -0.896. The van der Waals surface area contributed by atoms with Crippen molar-refractivity contribution in [2.24, 2.45) is 11.3 Å². The fourth-order valence-corrected chi connectivity index (χ4v) is 2.22. The van der Waals surface area contributed by atoms with Crippen molar-refractivity contribution >= 4 is 12.0 Å². The third-order valence-corrected chi connectivity index (χ3v) is 3.69. The van der Waals surface area contributed by atoms with E-state index >= 15 is 0 Å². The zero-order chi connectivity index (χ0) is 15.3. The number of carbonyl (C=O) groups is 1. The lowest BCUT2D eigenvalue weighted by molar-refractivity contribution is 0.0697. The molecule has 0 atom stereocenters. The van der Waals surface area contributed by atoms with Crippen LogP contribution in [-0.2, 0) is 0 Å². The number of rotatable bonds is 4. The molecule has 21 heavy (non-hydrogen) atoms. The van der Waals surface area contributed by atoms with Crippen LogP contribution in [0.1, 0.15) is 29.8 Å². The Hall–Kier alpha value is -2.35. The monoisotopic (exact) mass is 280 g/mol. The van der Waals surface area contributed by atoms with E-state index in [9.17, 15) is 4.79 Å². The molecule has 1 aliphatic carbocycles. The van der Waals surface area contributed by atoms with Crippen LogP contribution in [0, 0.1) is 11.3 Å². The highest BCUT2D eigenvalue weighted by molar-refractivity contribution is 5.87. The van der Waals surface area contributed by atoms with Gasteiger partial charge in [-0.3, -0.25) is 0 Å². The van der Waals surface area contributed by atoms with E-state index in [1.54, 1.807) is 12.1 Å². The molecule has 0 radical (unpaired) electrons. The molecular weight excluding hydrogens is 260 g/mol. The van der Waals surface area contributed by atoms with Crippen molar-refractivity contribution < 1.29 is 9.90 Å². The highest BCUT2D eigenvalue weighted by atomic mass is 16.4. The van der Waals surface area contributed by atoms with Gasteiger partial charge in [0.15, 0.2) is 0 Å². The van der Waals surface area contributed by atoms with E-state index in [2.05, 4.69) is 44.2 Å². The number of benzene rings is 1. The van der Waals surface area contributed by atoms with Crippen LogP contribution in [-0.4, -0.2) is 11.1 Å². The van der Waals surface area contributed by atoms with Gasteiger partial charge >= 0.3 is 5.97 Å². The van der Waals surface area contributed by atoms with Crippen LogP contribution >= 0.6 is 0 Å². The summed E-state index contributed by atoms with van der Waals surface area (Å²) in [6, 6.07) is 6.92. The number of hydrogen-bond acceptors (Lipinski definition) is 1. The normalized spacial score (nSPS) is 15.5. The van der Waals surface area contributed by atoms with E-state index < -0.39 is 5.97 Å². The fourth-order valence-electron chi connectivity index (χ4n) is 2.22. The molecule has 2 heteroatoms. The zero-order valence-electron chi connectivity index (χ0n) is 12.4. The van der Waals surface area contributed by atoms with Crippen molar-refractivity contribution in [1.29, 1.82) is 0 Å². The Morgan fingerprint density at radius 1 is 1.05 bits per heavy atom. The summed E-state index contributed by atoms with van der Waals surface area (Å²) in [4.78, 5) is 10.8. The van der Waals surface area contributed by atoms with Crippen LogP contribution < -0.4 is 0 Å². The summed E-state index contributed by atoms with van der Waals surface area (Å²) in [6.45, 7) is 4.39. The van der Waals surface area contributed by atoms with E-state index in [1.807, 2.05) is 30.4 Å². The average molecular weight is 280 g/mol. The van der Waals surface area contributed by atoms with Crippen molar-refractivity contribution in [2.75, 3.05) is 0 Å². The summed E-state index contributed by atoms with van der Waals surface area (Å²) in [6.07, 6.45) is 16.8. The molecule has 1 aliphatic rings. The summed E-state index contributed by atoms with van der Waals surface area (Å²) in [5.74, 6) is -0.561. The maximum atomic E-state index is 10.8. The summed E-state index contributed by atoms with van der Waals surface area (Å²) in [7, 11) is 0. The largest absolute Gasteiger partial charge is 0.478 e. The highest BCUT2D eigenvalue weighted by Crippen LogP contribution is 2.32. The van der Waals surface area contributed by atoms with Crippen molar-refractivity contribution in [3.05, 3.63) is 77.9 Å². The van der Waals surface area contributed by atoms with Gasteiger partial charge in [-0.1, -0.05) is 74.6 Å². The first-order valence-corrected chi connectivity index (χ1v) is 7.03. The molecule has 0 bridgehead atoms. The Morgan fingerprint density at radius 3 is 2.14 bits per heavy atom. The number of aromatic carboxylic acids is 1.